The van der Waals surface area contributed by atoms with E-state index < -0.39 is 5.97 Å². The van der Waals surface area contributed by atoms with Crippen molar-refractivity contribution in [2.24, 2.45) is 5.73 Å². The van der Waals surface area contributed by atoms with Gasteiger partial charge in [0.15, 0.2) is 0 Å². The first-order valence-corrected chi connectivity index (χ1v) is 12.3. The highest BCUT2D eigenvalue weighted by molar-refractivity contribution is 6.30. The first kappa shape index (κ1) is 31.7. The molecule has 200 valence electrons. The van der Waals surface area contributed by atoms with Crippen LogP contribution in [0.25, 0.3) is 0 Å². The van der Waals surface area contributed by atoms with Gasteiger partial charge in [0.05, 0.1) is 5.56 Å². The van der Waals surface area contributed by atoms with E-state index in [2.05, 4.69) is 39.2 Å². The minimum absolute atomic E-state index is 0. The van der Waals surface area contributed by atoms with E-state index in [-0.39, 0.29) is 30.1 Å². The van der Waals surface area contributed by atoms with Gasteiger partial charge < -0.3 is 26.0 Å². The zero-order valence-electron chi connectivity index (χ0n) is 20.2. The summed E-state index contributed by atoms with van der Waals surface area (Å²) in [5.41, 5.74) is 6.40. The second-order valence-electron chi connectivity index (χ2n) is 8.73. The highest BCUT2D eigenvalue weighted by Crippen LogP contribution is 2.11. The molecule has 2 aromatic rings. The van der Waals surface area contributed by atoms with Crippen LogP contribution in [0.15, 0.2) is 36.7 Å². The number of hydrogen-bond acceptors (Lipinski definition) is 7. The maximum atomic E-state index is 11.9. The van der Waals surface area contributed by atoms with Gasteiger partial charge in [-0.2, -0.15) is 0 Å². The van der Waals surface area contributed by atoms with Crippen LogP contribution in [-0.4, -0.2) is 89.1 Å². The number of amides is 1. The average molecular weight is 542 g/mol. The molecule has 11 heteroatoms. The van der Waals surface area contributed by atoms with Crippen LogP contribution in [0.2, 0.25) is 10.3 Å². The van der Waals surface area contributed by atoms with Gasteiger partial charge in [-0.1, -0.05) is 30.6 Å². The number of hydrogen-bond donors (Lipinski definition) is 3. The van der Waals surface area contributed by atoms with Crippen LogP contribution in [-0.2, 0) is 0 Å². The van der Waals surface area contributed by atoms with Crippen LogP contribution < -0.4 is 11.1 Å². The summed E-state index contributed by atoms with van der Waals surface area (Å²) in [6.07, 6.45) is 7.26. The lowest BCUT2D eigenvalue weighted by atomic mass is 10.1. The molecule has 2 saturated heterocycles. The van der Waals surface area contributed by atoms with Crippen LogP contribution in [0.1, 0.15) is 53.8 Å². The second kappa shape index (κ2) is 16.4. The minimum atomic E-state index is -0.996. The standard InChI is InChI=1S/C12H16ClN3O.C6H4ClNO2.C6H14N2.CH4/c1-16-6-3-10(4-7-16)15-12(17)9-2-5-14-11(13)8-9;7-5-3-4(6(9)10)1-2-8-5;1-8-4-2-6(7)3-5-8;/h2,5,8,10H,3-4,6-7H2,1H3,(H,15,17);1-3H,(H,9,10);6H,2-5,7H2,1H3;1H4. The predicted octanol–water partition coefficient (Wildman–Crippen LogP) is 3.67. The van der Waals surface area contributed by atoms with E-state index in [9.17, 15) is 9.59 Å². The van der Waals surface area contributed by atoms with Gasteiger partial charge in [0, 0.05) is 30.0 Å². The van der Waals surface area contributed by atoms with Crippen molar-refractivity contribution in [2.75, 3.05) is 40.3 Å². The zero-order chi connectivity index (χ0) is 25.8. The molecule has 2 aliphatic heterocycles. The summed E-state index contributed by atoms with van der Waals surface area (Å²) in [6.45, 7) is 4.42. The summed E-state index contributed by atoms with van der Waals surface area (Å²) in [4.78, 5) is 34.3. The lowest BCUT2D eigenvalue weighted by Gasteiger charge is -2.29. The highest BCUT2D eigenvalue weighted by atomic mass is 35.5. The van der Waals surface area contributed by atoms with E-state index in [0.29, 0.717) is 16.8 Å². The number of carboxylic acids is 1. The van der Waals surface area contributed by atoms with Gasteiger partial charge in [-0.25, -0.2) is 14.8 Å². The molecule has 0 unspecified atom stereocenters. The molecule has 36 heavy (non-hydrogen) atoms. The van der Waals surface area contributed by atoms with Gasteiger partial charge in [0.1, 0.15) is 10.3 Å². The Labute approximate surface area is 224 Å². The lowest BCUT2D eigenvalue weighted by molar-refractivity contribution is 0.0696. The maximum Gasteiger partial charge on any atom is 0.335 e. The summed E-state index contributed by atoms with van der Waals surface area (Å²) < 4.78 is 0. The Hall–Kier alpha value is -2.30. The number of carbonyl (C=O) groups excluding carboxylic acids is 1. The Bertz CT molecular complexity index is 939. The predicted molar refractivity (Wildman–Crippen MR) is 145 cm³/mol. The fourth-order valence-corrected chi connectivity index (χ4v) is 3.88. The maximum absolute atomic E-state index is 11.9. The van der Waals surface area contributed by atoms with Crippen molar-refractivity contribution in [3.8, 4) is 0 Å². The minimum Gasteiger partial charge on any atom is -0.478 e. The van der Waals surface area contributed by atoms with Crippen molar-refractivity contribution < 1.29 is 14.7 Å². The number of pyridine rings is 2. The normalized spacial score (nSPS) is 16.9. The number of likely N-dealkylation sites (tertiary alicyclic amines) is 2. The topological polar surface area (TPSA) is 125 Å². The van der Waals surface area contributed by atoms with Crippen LogP contribution in [0.3, 0.4) is 0 Å². The number of nitrogens with two attached hydrogens (primary N) is 1. The SMILES string of the molecule is C.CN1CCC(N)CC1.CN1CCC(NC(=O)c2ccnc(Cl)c2)CC1.O=C(O)c1ccnc(Cl)c1. The lowest BCUT2D eigenvalue weighted by Crippen LogP contribution is -2.43. The van der Waals surface area contributed by atoms with Crippen molar-refractivity contribution in [2.45, 2.75) is 45.2 Å². The number of aromatic nitrogens is 2. The Morgan fingerprint density at radius 3 is 1.78 bits per heavy atom. The van der Waals surface area contributed by atoms with E-state index in [1.165, 1.54) is 44.3 Å². The van der Waals surface area contributed by atoms with Crippen molar-refractivity contribution in [3.05, 3.63) is 58.1 Å². The molecule has 4 heterocycles. The molecule has 9 nitrogen and oxygen atoms in total. The van der Waals surface area contributed by atoms with E-state index >= 15 is 0 Å². The summed E-state index contributed by atoms with van der Waals surface area (Å²) in [6, 6.07) is 6.69. The molecule has 0 bridgehead atoms. The van der Waals surface area contributed by atoms with Gasteiger partial charge in [-0.3, -0.25) is 4.79 Å². The molecule has 2 aromatic heterocycles. The van der Waals surface area contributed by atoms with Crippen LogP contribution in [0.4, 0.5) is 0 Å². The first-order valence-electron chi connectivity index (χ1n) is 11.5. The fraction of sp³-hybridized carbons (Fsp3) is 0.520. The van der Waals surface area contributed by atoms with Crippen LogP contribution in [0, 0.1) is 0 Å². The number of rotatable bonds is 3. The van der Waals surface area contributed by atoms with Gasteiger partial charge in [-0.15, -0.1) is 0 Å². The largest absolute Gasteiger partial charge is 0.478 e. The van der Waals surface area contributed by atoms with Crippen LogP contribution in [0.5, 0.6) is 0 Å². The first-order chi connectivity index (χ1) is 16.6. The summed E-state index contributed by atoms with van der Waals surface area (Å²) >= 11 is 11.2. The van der Waals surface area contributed by atoms with Crippen molar-refractivity contribution in [3.63, 3.8) is 0 Å². The molecule has 2 fully saturated rings. The van der Waals surface area contributed by atoms with Crippen molar-refractivity contribution >= 4 is 35.1 Å². The summed E-state index contributed by atoms with van der Waals surface area (Å²) in [5, 5.41) is 12.0. The summed E-state index contributed by atoms with van der Waals surface area (Å²) in [7, 11) is 4.24. The average Bonchev–Trinajstić information content (AvgIpc) is 2.83. The van der Waals surface area contributed by atoms with Gasteiger partial charge in [-0.05, 0) is 90.2 Å². The number of halogens is 2. The third-order valence-electron chi connectivity index (χ3n) is 5.78. The number of piperidine rings is 2. The Morgan fingerprint density at radius 2 is 1.36 bits per heavy atom. The monoisotopic (exact) mass is 540 g/mol. The quantitative estimate of drug-likeness (QED) is 0.503. The van der Waals surface area contributed by atoms with Gasteiger partial charge in [0.2, 0.25) is 0 Å². The third-order valence-corrected chi connectivity index (χ3v) is 6.19. The molecular formula is C25H38Cl2N6O3. The molecule has 0 radical (unpaired) electrons. The molecule has 4 rings (SSSR count). The molecule has 4 N–H and O–H groups in total. The summed E-state index contributed by atoms with van der Waals surface area (Å²) in [5.74, 6) is -1.06. The van der Waals surface area contributed by atoms with E-state index in [4.69, 9.17) is 34.0 Å². The third kappa shape index (κ3) is 12.1. The molecule has 1 amide bonds. The van der Waals surface area contributed by atoms with Gasteiger partial charge >= 0.3 is 5.97 Å². The molecule has 0 aromatic carbocycles. The fourth-order valence-electron chi connectivity index (χ4n) is 3.53. The van der Waals surface area contributed by atoms with Crippen molar-refractivity contribution in [1.82, 2.24) is 25.1 Å². The number of nitrogens with one attached hydrogen (secondary N) is 1. The van der Waals surface area contributed by atoms with E-state index in [1.54, 1.807) is 18.3 Å². The Morgan fingerprint density at radius 1 is 0.917 bits per heavy atom. The Kier molecular flexibility index (Phi) is 14.5. The van der Waals surface area contributed by atoms with Crippen molar-refractivity contribution in [1.29, 1.82) is 0 Å². The zero-order valence-corrected chi connectivity index (χ0v) is 21.7. The highest BCUT2D eigenvalue weighted by Gasteiger charge is 2.19. The van der Waals surface area contributed by atoms with Gasteiger partial charge in [0.25, 0.3) is 5.91 Å². The molecule has 0 aliphatic carbocycles. The molecule has 0 saturated carbocycles. The molecular weight excluding hydrogens is 503 g/mol. The number of aromatic carboxylic acids is 1. The van der Waals surface area contributed by atoms with Crippen LogP contribution >= 0.6 is 23.2 Å². The smallest absolute Gasteiger partial charge is 0.335 e. The van der Waals surface area contributed by atoms with E-state index in [0.717, 1.165) is 25.9 Å². The number of carbonyl (C=O) groups is 2. The number of nitrogens with zero attached hydrogens (tertiary/aromatic N) is 4. The molecule has 0 spiro atoms. The Balaban J connectivity index is 0.000000291. The second-order valence-corrected chi connectivity index (χ2v) is 9.51. The molecule has 0 atom stereocenters. The van der Waals surface area contributed by atoms with E-state index in [1.807, 2.05) is 0 Å². The number of carboxylic acid groups (broad SMARTS) is 1. The molecule has 2 aliphatic rings.